The molecule has 0 atom stereocenters. The van der Waals surface area contributed by atoms with E-state index in [2.05, 4.69) is 4.98 Å². The van der Waals surface area contributed by atoms with Gasteiger partial charge in [0.05, 0.1) is 32.6 Å². The number of halogens is 1. The number of aromatic amines is 1. The van der Waals surface area contributed by atoms with Gasteiger partial charge in [-0.05, 0) is 29.8 Å². The first-order valence-electron chi connectivity index (χ1n) is 9.28. The summed E-state index contributed by atoms with van der Waals surface area (Å²) in [6, 6.07) is 18.5. The third-order valence-electron chi connectivity index (χ3n) is 4.98. The van der Waals surface area contributed by atoms with Crippen LogP contribution >= 0.6 is 11.6 Å². The van der Waals surface area contributed by atoms with Crippen molar-refractivity contribution in [3.8, 4) is 28.5 Å². The number of methoxy groups -OCH3 is 3. The van der Waals surface area contributed by atoms with Gasteiger partial charge >= 0.3 is 0 Å². The fourth-order valence-corrected chi connectivity index (χ4v) is 3.76. The van der Waals surface area contributed by atoms with E-state index in [1.807, 2.05) is 42.5 Å². The molecule has 30 heavy (non-hydrogen) atoms. The second-order valence-corrected chi connectivity index (χ2v) is 7.11. The number of benzene rings is 3. The van der Waals surface area contributed by atoms with Gasteiger partial charge in [0.2, 0.25) is 5.75 Å². The summed E-state index contributed by atoms with van der Waals surface area (Å²) in [7, 11) is 4.57. The Kier molecular flexibility index (Phi) is 5.38. The van der Waals surface area contributed by atoms with Crippen LogP contribution in [0.3, 0.4) is 0 Å². The molecule has 1 aromatic heterocycles. The van der Waals surface area contributed by atoms with Crippen LogP contribution in [0.5, 0.6) is 17.2 Å². The Labute approximate surface area is 179 Å². The number of rotatable bonds is 6. The van der Waals surface area contributed by atoms with Gasteiger partial charge in [0, 0.05) is 21.5 Å². The lowest BCUT2D eigenvalue weighted by Gasteiger charge is -2.14. The van der Waals surface area contributed by atoms with E-state index in [9.17, 15) is 4.79 Å². The van der Waals surface area contributed by atoms with Gasteiger partial charge in [-0.2, -0.15) is 0 Å². The molecule has 1 heterocycles. The number of nitrogens with one attached hydrogen (secondary N) is 1. The lowest BCUT2D eigenvalue weighted by atomic mass is 9.96. The van der Waals surface area contributed by atoms with E-state index in [1.165, 1.54) is 21.3 Å². The molecular weight excluding hydrogens is 402 g/mol. The van der Waals surface area contributed by atoms with E-state index in [4.69, 9.17) is 25.8 Å². The van der Waals surface area contributed by atoms with Gasteiger partial charge in [-0.1, -0.05) is 48.0 Å². The summed E-state index contributed by atoms with van der Waals surface area (Å²) < 4.78 is 16.2. The molecule has 0 aliphatic carbocycles. The molecule has 0 aliphatic rings. The summed E-state index contributed by atoms with van der Waals surface area (Å²) in [5.41, 5.74) is 3.41. The minimum Gasteiger partial charge on any atom is -0.493 e. The van der Waals surface area contributed by atoms with Gasteiger partial charge < -0.3 is 19.2 Å². The number of ether oxygens (including phenoxy) is 3. The van der Waals surface area contributed by atoms with E-state index in [-0.39, 0.29) is 5.78 Å². The molecule has 3 aromatic carbocycles. The standard InChI is InChI=1S/C24H20ClNO4/c1-28-19-11-15(12-20(29-2)24(19)30-3)23(27)21-17-10-9-16(25)13-18(17)26-22(21)14-7-5-4-6-8-14/h4-13,26H,1-3H3. The van der Waals surface area contributed by atoms with Crippen LogP contribution in [-0.4, -0.2) is 32.1 Å². The Morgan fingerprint density at radius 3 is 2.13 bits per heavy atom. The summed E-state index contributed by atoms with van der Waals surface area (Å²) in [6.45, 7) is 0. The number of hydrogen-bond donors (Lipinski definition) is 1. The number of carbonyl (C=O) groups excluding carboxylic acids is 1. The fraction of sp³-hybridized carbons (Fsp3) is 0.125. The van der Waals surface area contributed by atoms with E-state index >= 15 is 0 Å². The smallest absolute Gasteiger partial charge is 0.203 e. The number of hydrogen-bond acceptors (Lipinski definition) is 4. The van der Waals surface area contributed by atoms with Crippen LogP contribution in [0.15, 0.2) is 60.7 Å². The molecule has 6 heteroatoms. The van der Waals surface area contributed by atoms with Crippen LogP contribution in [-0.2, 0) is 0 Å². The average molecular weight is 422 g/mol. The molecule has 0 fully saturated rings. The Morgan fingerprint density at radius 1 is 0.867 bits per heavy atom. The van der Waals surface area contributed by atoms with Crippen molar-refractivity contribution in [1.29, 1.82) is 0 Å². The second-order valence-electron chi connectivity index (χ2n) is 6.67. The summed E-state index contributed by atoms with van der Waals surface area (Å²) in [6.07, 6.45) is 0. The van der Waals surface area contributed by atoms with E-state index in [0.717, 1.165) is 22.2 Å². The first-order chi connectivity index (χ1) is 14.6. The summed E-state index contributed by atoms with van der Waals surface area (Å²) in [5, 5.41) is 1.38. The predicted octanol–water partition coefficient (Wildman–Crippen LogP) is 5.75. The molecule has 152 valence electrons. The molecule has 4 aromatic rings. The van der Waals surface area contributed by atoms with Crippen molar-refractivity contribution in [3.05, 3.63) is 76.8 Å². The van der Waals surface area contributed by atoms with Crippen LogP contribution in [0, 0.1) is 0 Å². The topological polar surface area (TPSA) is 60.6 Å². The minimum atomic E-state index is -0.165. The molecular formula is C24H20ClNO4. The molecule has 5 nitrogen and oxygen atoms in total. The maximum atomic E-state index is 13.7. The highest BCUT2D eigenvalue weighted by molar-refractivity contribution is 6.31. The van der Waals surface area contributed by atoms with Crippen molar-refractivity contribution in [2.45, 2.75) is 0 Å². The van der Waals surface area contributed by atoms with Crippen LogP contribution in [0.4, 0.5) is 0 Å². The maximum Gasteiger partial charge on any atom is 0.203 e. The Balaban J connectivity index is 1.96. The fourth-order valence-electron chi connectivity index (χ4n) is 3.58. The van der Waals surface area contributed by atoms with Gasteiger partial charge in [0.1, 0.15) is 0 Å². The summed E-state index contributed by atoms with van der Waals surface area (Å²) in [4.78, 5) is 17.1. The minimum absolute atomic E-state index is 0.165. The van der Waals surface area contributed by atoms with Crippen molar-refractivity contribution in [1.82, 2.24) is 4.98 Å². The number of ketones is 1. The summed E-state index contributed by atoms with van der Waals surface area (Å²) >= 11 is 6.18. The molecule has 0 radical (unpaired) electrons. The zero-order valence-corrected chi connectivity index (χ0v) is 17.5. The van der Waals surface area contributed by atoms with Crippen LogP contribution in [0.2, 0.25) is 5.02 Å². The van der Waals surface area contributed by atoms with Crippen LogP contribution in [0.25, 0.3) is 22.2 Å². The van der Waals surface area contributed by atoms with E-state index in [1.54, 1.807) is 18.2 Å². The normalized spacial score (nSPS) is 10.8. The lowest BCUT2D eigenvalue weighted by molar-refractivity contribution is 0.104. The van der Waals surface area contributed by atoms with Gasteiger partial charge in [0.15, 0.2) is 17.3 Å². The number of fused-ring (bicyclic) bond motifs is 1. The van der Waals surface area contributed by atoms with Crippen molar-refractivity contribution in [2.75, 3.05) is 21.3 Å². The zero-order chi connectivity index (χ0) is 21.3. The molecule has 0 spiro atoms. The van der Waals surface area contributed by atoms with Gasteiger partial charge in [-0.25, -0.2) is 0 Å². The Hall–Kier alpha value is -3.44. The second kappa shape index (κ2) is 8.13. The molecule has 0 amide bonds. The molecule has 1 N–H and O–H groups in total. The largest absolute Gasteiger partial charge is 0.493 e. The summed E-state index contributed by atoms with van der Waals surface area (Å²) in [5.74, 6) is 1.11. The third kappa shape index (κ3) is 3.37. The van der Waals surface area contributed by atoms with E-state index in [0.29, 0.717) is 33.4 Å². The molecule has 0 unspecified atom stereocenters. The highest BCUT2D eigenvalue weighted by atomic mass is 35.5. The highest BCUT2D eigenvalue weighted by Crippen LogP contribution is 2.40. The zero-order valence-electron chi connectivity index (χ0n) is 16.8. The molecule has 0 saturated carbocycles. The molecule has 4 rings (SSSR count). The monoisotopic (exact) mass is 421 g/mol. The van der Waals surface area contributed by atoms with Gasteiger partial charge in [-0.15, -0.1) is 0 Å². The number of aromatic nitrogens is 1. The van der Waals surface area contributed by atoms with Gasteiger partial charge in [-0.3, -0.25) is 4.79 Å². The highest BCUT2D eigenvalue weighted by Gasteiger charge is 2.24. The van der Waals surface area contributed by atoms with Crippen molar-refractivity contribution in [3.63, 3.8) is 0 Å². The molecule has 0 aliphatic heterocycles. The maximum absolute atomic E-state index is 13.7. The lowest BCUT2D eigenvalue weighted by Crippen LogP contribution is -2.05. The Morgan fingerprint density at radius 2 is 1.53 bits per heavy atom. The molecule has 0 bridgehead atoms. The van der Waals surface area contributed by atoms with Crippen molar-refractivity contribution in [2.24, 2.45) is 0 Å². The Bertz CT molecular complexity index is 1210. The molecule has 0 saturated heterocycles. The first kappa shape index (κ1) is 19.9. The van der Waals surface area contributed by atoms with Gasteiger partial charge in [0.25, 0.3) is 0 Å². The third-order valence-corrected chi connectivity index (χ3v) is 5.21. The number of carbonyl (C=O) groups is 1. The van der Waals surface area contributed by atoms with Crippen LogP contribution < -0.4 is 14.2 Å². The van der Waals surface area contributed by atoms with E-state index < -0.39 is 0 Å². The quantitative estimate of drug-likeness (QED) is 0.403. The van der Waals surface area contributed by atoms with Crippen molar-refractivity contribution < 1.29 is 19.0 Å². The predicted molar refractivity (Wildman–Crippen MR) is 118 cm³/mol. The average Bonchev–Trinajstić information content (AvgIpc) is 3.16. The first-order valence-corrected chi connectivity index (χ1v) is 9.66. The number of H-pyrrole nitrogens is 1. The SMILES string of the molecule is COc1cc(C(=O)c2c(-c3ccccc3)[nH]c3cc(Cl)ccc23)cc(OC)c1OC. The van der Waals surface area contributed by atoms with Crippen LogP contribution in [0.1, 0.15) is 15.9 Å². The van der Waals surface area contributed by atoms with Crippen molar-refractivity contribution >= 4 is 28.3 Å².